The van der Waals surface area contributed by atoms with Crippen molar-refractivity contribution >= 4 is 39.0 Å². The highest BCUT2D eigenvalue weighted by Crippen LogP contribution is 2.35. The first-order valence-electron chi connectivity index (χ1n) is 8.29. The SMILES string of the molecule is Cc1nc(SCc2cc(=O)n3c(C)cccc3n2)c2c(C)c(C)sc2n1. The smallest absolute Gasteiger partial charge is 0.258 e. The Hall–Kier alpha value is -2.25. The molecule has 26 heavy (non-hydrogen) atoms. The first-order chi connectivity index (χ1) is 12.4. The molecule has 4 aromatic rings. The van der Waals surface area contributed by atoms with Gasteiger partial charge in [0.25, 0.3) is 5.56 Å². The molecule has 4 rings (SSSR count). The van der Waals surface area contributed by atoms with Crippen LogP contribution in [0.2, 0.25) is 0 Å². The maximum atomic E-state index is 12.4. The molecule has 0 aliphatic rings. The maximum Gasteiger partial charge on any atom is 0.258 e. The number of nitrogens with zero attached hydrogens (tertiary/aromatic N) is 4. The van der Waals surface area contributed by atoms with Gasteiger partial charge in [0.15, 0.2) is 0 Å². The molecule has 0 saturated carbocycles. The summed E-state index contributed by atoms with van der Waals surface area (Å²) in [5, 5.41) is 2.08. The number of fused-ring (bicyclic) bond motifs is 2. The van der Waals surface area contributed by atoms with Crippen molar-refractivity contribution in [2.24, 2.45) is 0 Å². The van der Waals surface area contributed by atoms with E-state index in [0.717, 1.165) is 32.5 Å². The lowest BCUT2D eigenvalue weighted by Gasteiger charge is -2.07. The predicted molar refractivity (Wildman–Crippen MR) is 107 cm³/mol. The summed E-state index contributed by atoms with van der Waals surface area (Å²) in [5.41, 5.74) is 3.51. The molecule has 7 heteroatoms. The molecule has 0 aromatic carbocycles. The summed E-state index contributed by atoms with van der Waals surface area (Å²) in [5.74, 6) is 1.36. The predicted octanol–water partition coefficient (Wildman–Crippen LogP) is 4.23. The largest absolute Gasteiger partial charge is 0.269 e. The Bertz CT molecular complexity index is 1210. The monoisotopic (exact) mass is 382 g/mol. The van der Waals surface area contributed by atoms with Gasteiger partial charge in [-0.2, -0.15) is 0 Å². The van der Waals surface area contributed by atoms with Crippen LogP contribution < -0.4 is 5.56 Å². The normalized spacial score (nSPS) is 11.5. The first-order valence-corrected chi connectivity index (χ1v) is 10.1. The third-order valence-corrected chi connectivity index (χ3v) is 6.51. The molecule has 0 N–H and O–H groups in total. The van der Waals surface area contributed by atoms with Crippen molar-refractivity contribution in [2.45, 2.75) is 38.5 Å². The van der Waals surface area contributed by atoms with Crippen molar-refractivity contribution in [1.29, 1.82) is 0 Å². The van der Waals surface area contributed by atoms with Gasteiger partial charge < -0.3 is 0 Å². The van der Waals surface area contributed by atoms with Crippen molar-refractivity contribution in [3.8, 4) is 0 Å². The van der Waals surface area contributed by atoms with Gasteiger partial charge in [0.05, 0.1) is 5.69 Å². The maximum absolute atomic E-state index is 12.4. The lowest BCUT2D eigenvalue weighted by atomic mass is 10.2. The fraction of sp³-hybridized carbons (Fsp3) is 0.263. The van der Waals surface area contributed by atoms with Crippen LogP contribution in [0, 0.1) is 27.7 Å². The molecular formula is C19H18N4OS2. The van der Waals surface area contributed by atoms with E-state index < -0.39 is 0 Å². The molecule has 0 spiro atoms. The van der Waals surface area contributed by atoms with Crippen LogP contribution in [0.25, 0.3) is 15.9 Å². The van der Waals surface area contributed by atoms with Crippen LogP contribution in [0.4, 0.5) is 0 Å². The number of hydrogen-bond acceptors (Lipinski definition) is 6. The Balaban J connectivity index is 1.73. The van der Waals surface area contributed by atoms with Gasteiger partial charge in [-0.25, -0.2) is 15.0 Å². The van der Waals surface area contributed by atoms with Crippen molar-refractivity contribution in [3.05, 3.63) is 62.3 Å². The molecule has 4 aromatic heterocycles. The molecular weight excluding hydrogens is 364 g/mol. The van der Waals surface area contributed by atoms with E-state index in [2.05, 4.69) is 28.8 Å². The molecule has 0 radical (unpaired) electrons. The van der Waals surface area contributed by atoms with Crippen LogP contribution in [0.15, 0.2) is 34.1 Å². The third kappa shape index (κ3) is 2.91. The second-order valence-corrected chi connectivity index (χ2v) is 8.44. The molecule has 0 fully saturated rings. The Morgan fingerprint density at radius 2 is 1.92 bits per heavy atom. The molecule has 5 nitrogen and oxygen atoms in total. The minimum absolute atomic E-state index is 0.0460. The van der Waals surface area contributed by atoms with Crippen LogP contribution in [0.1, 0.15) is 27.7 Å². The lowest BCUT2D eigenvalue weighted by Crippen LogP contribution is -2.17. The molecule has 0 amide bonds. The Morgan fingerprint density at radius 1 is 1.12 bits per heavy atom. The molecule has 0 aliphatic carbocycles. The average molecular weight is 383 g/mol. The summed E-state index contributed by atoms with van der Waals surface area (Å²) in [6.07, 6.45) is 0. The van der Waals surface area contributed by atoms with Crippen LogP contribution in [0.3, 0.4) is 0 Å². The fourth-order valence-corrected chi connectivity index (χ4v) is 5.16. The summed E-state index contributed by atoms with van der Waals surface area (Å²) >= 11 is 3.31. The summed E-state index contributed by atoms with van der Waals surface area (Å²) in [7, 11) is 0. The number of thiophene rings is 1. The lowest BCUT2D eigenvalue weighted by molar-refractivity contribution is 0.966. The third-order valence-electron chi connectivity index (χ3n) is 4.40. The second-order valence-electron chi connectivity index (χ2n) is 6.27. The second kappa shape index (κ2) is 6.48. The van der Waals surface area contributed by atoms with E-state index in [9.17, 15) is 4.79 Å². The standard InChI is InChI=1S/C19H18N4OS2/c1-10-6-5-7-15-22-14(8-16(24)23(10)15)9-25-18-17-11(2)12(3)26-19(17)21-13(4)20-18/h5-8H,9H2,1-4H3. The molecule has 132 valence electrons. The highest BCUT2D eigenvalue weighted by atomic mass is 32.2. The van der Waals surface area contributed by atoms with E-state index in [1.807, 2.05) is 32.0 Å². The average Bonchev–Trinajstić information content (AvgIpc) is 2.86. The van der Waals surface area contributed by atoms with Crippen molar-refractivity contribution in [1.82, 2.24) is 19.4 Å². The van der Waals surface area contributed by atoms with E-state index in [1.54, 1.807) is 33.6 Å². The van der Waals surface area contributed by atoms with Gasteiger partial charge in [0, 0.05) is 27.8 Å². The fourth-order valence-electron chi connectivity index (χ4n) is 3.00. The number of aryl methyl sites for hydroxylation is 4. The quantitative estimate of drug-likeness (QED) is 0.392. The first kappa shape index (κ1) is 17.2. The molecule has 0 saturated heterocycles. The Morgan fingerprint density at radius 3 is 2.73 bits per heavy atom. The number of aromatic nitrogens is 4. The molecule has 0 atom stereocenters. The zero-order chi connectivity index (χ0) is 18.4. The minimum Gasteiger partial charge on any atom is -0.269 e. The Kier molecular flexibility index (Phi) is 4.28. The van der Waals surface area contributed by atoms with Gasteiger partial charge in [-0.05, 0) is 45.4 Å². The van der Waals surface area contributed by atoms with Crippen molar-refractivity contribution in [3.63, 3.8) is 0 Å². The summed E-state index contributed by atoms with van der Waals surface area (Å²) in [6.45, 7) is 8.05. The van der Waals surface area contributed by atoms with Gasteiger partial charge in [-0.15, -0.1) is 11.3 Å². The van der Waals surface area contributed by atoms with Crippen molar-refractivity contribution in [2.75, 3.05) is 0 Å². The van der Waals surface area contributed by atoms with Crippen molar-refractivity contribution < 1.29 is 0 Å². The van der Waals surface area contributed by atoms with Gasteiger partial charge >= 0.3 is 0 Å². The number of thioether (sulfide) groups is 1. The number of pyridine rings is 1. The summed E-state index contributed by atoms with van der Waals surface area (Å²) in [4.78, 5) is 28.6. The highest BCUT2D eigenvalue weighted by molar-refractivity contribution is 7.98. The van der Waals surface area contributed by atoms with Gasteiger partial charge in [-0.3, -0.25) is 9.20 Å². The zero-order valence-electron chi connectivity index (χ0n) is 15.0. The highest BCUT2D eigenvalue weighted by Gasteiger charge is 2.14. The van der Waals surface area contributed by atoms with Crippen LogP contribution >= 0.6 is 23.1 Å². The number of rotatable bonds is 3. The number of hydrogen-bond donors (Lipinski definition) is 0. The van der Waals surface area contributed by atoms with E-state index in [0.29, 0.717) is 11.4 Å². The zero-order valence-corrected chi connectivity index (χ0v) is 16.7. The minimum atomic E-state index is -0.0460. The van der Waals surface area contributed by atoms with Crippen LogP contribution in [0.5, 0.6) is 0 Å². The van der Waals surface area contributed by atoms with Gasteiger partial charge in [-0.1, -0.05) is 17.8 Å². The van der Waals surface area contributed by atoms with Crippen LogP contribution in [-0.4, -0.2) is 19.4 Å². The van der Waals surface area contributed by atoms with E-state index >= 15 is 0 Å². The molecule has 0 bridgehead atoms. The van der Waals surface area contributed by atoms with E-state index in [4.69, 9.17) is 0 Å². The van der Waals surface area contributed by atoms with E-state index in [1.165, 1.54) is 10.4 Å². The molecule has 0 aliphatic heterocycles. The topological polar surface area (TPSA) is 60.2 Å². The Labute approximate surface area is 159 Å². The summed E-state index contributed by atoms with van der Waals surface area (Å²) < 4.78 is 1.63. The molecule has 0 unspecified atom stereocenters. The molecule has 4 heterocycles. The van der Waals surface area contributed by atoms with Gasteiger partial charge in [0.2, 0.25) is 0 Å². The van der Waals surface area contributed by atoms with E-state index in [-0.39, 0.29) is 5.56 Å². The van der Waals surface area contributed by atoms with Gasteiger partial charge in [0.1, 0.15) is 21.3 Å². The van der Waals surface area contributed by atoms with Crippen LogP contribution in [-0.2, 0) is 5.75 Å². The summed E-state index contributed by atoms with van der Waals surface area (Å²) in [6, 6.07) is 7.31.